The SMILES string of the molecule is CC1=C(/C=C/C2=CCC[C@]3(C)[C@@H]([C@H](C)CCCC(C)C)CC[C@@H]23)CC(O)CC1. The summed E-state index contributed by atoms with van der Waals surface area (Å²) in [7, 11) is 0. The van der Waals surface area contributed by atoms with Crippen molar-refractivity contribution in [1.29, 1.82) is 0 Å². The topological polar surface area (TPSA) is 20.2 Å². The number of aliphatic hydroxyl groups is 1. The molecule has 1 fully saturated rings. The molecule has 0 aromatic carbocycles. The van der Waals surface area contributed by atoms with Gasteiger partial charge in [0.05, 0.1) is 6.10 Å². The highest BCUT2D eigenvalue weighted by atomic mass is 16.3. The fourth-order valence-corrected chi connectivity index (χ4v) is 6.51. The third kappa shape index (κ3) is 4.84. The zero-order valence-corrected chi connectivity index (χ0v) is 19.1. The second kappa shape index (κ2) is 9.33. The molecule has 0 heterocycles. The van der Waals surface area contributed by atoms with Crippen LogP contribution in [0.2, 0.25) is 0 Å². The molecule has 1 unspecified atom stereocenters. The highest BCUT2D eigenvalue weighted by Crippen LogP contribution is 2.58. The molecule has 0 bridgehead atoms. The van der Waals surface area contributed by atoms with Crippen LogP contribution in [-0.2, 0) is 0 Å². The number of hydrogen-bond acceptors (Lipinski definition) is 1. The second-order valence-corrected chi connectivity index (χ2v) is 10.8. The van der Waals surface area contributed by atoms with Crippen molar-refractivity contribution in [3.05, 3.63) is 34.9 Å². The maximum Gasteiger partial charge on any atom is 0.0583 e. The Balaban J connectivity index is 1.67. The first kappa shape index (κ1) is 21.9. The number of fused-ring (bicyclic) bond motifs is 1. The Labute approximate surface area is 174 Å². The molecule has 0 spiro atoms. The molecule has 0 amide bonds. The summed E-state index contributed by atoms with van der Waals surface area (Å²) in [5.74, 6) is 3.32. The van der Waals surface area contributed by atoms with Crippen molar-refractivity contribution in [2.24, 2.45) is 29.1 Å². The quantitative estimate of drug-likeness (QED) is 0.478. The summed E-state index contributed by atoms with van der Waals surface area (Å²) in [6.45, 7) is 12.1. The normalized spacial score (nSPS) is 34.8. The lowest BCUT2D eigenvalue weighted by atomic mass is 9.62. The molecule has 0 radical (unpaired) electrons. The molecular formula is C27H44O. The van der Waals surface area contributed by atoms with Crippen LogP contribution < -0.4 is 0 Å². The molecule has 5 atom stereocenters. The summed E-state index contributed by atoms with van der Waals surface area (Å²) in [5, 5.41) is 10.0. The first-order chi connectivity index (χ1) is 13.3. The lowest BCUT2D eigenvalue weighted by molar-refractivity contribution is 0.107. The van der Waals surface area contributed by atoms with Gasteiger partial charge in [-0.15, -0.1) is 0 Å². The van der Waals surface area contributed by atoms with Crippen LogP contribution >= 0.6 is 0 Å². The molecular weight excluding hydrogens is 340 g/mol. The number of rotatable bonds is 7. The molecule has 158 valence electrons. The van der Waals surface area contributed by atoms with E-state index in [0.717, 1.165) is 42.9 Å². The summed E-state index contributed by atoms with van der Waals surface area (Å²) in [6.07, 6.45) is 19.5. The summed E-state index contributed by atoms with van der Waals surface area (Å²) in [6, 6.07) is 0. The Morgan fingerprint density at radius 2 is 1.93 bits per heavy atom. The first-order valence-corrected chi connectivity index (χ1v) is 12.1. The van der Waals surface area contributed by atoms with E-state index in [0.29, 0.717) is 5.41 Å². The van der Waals surface area contributed by atoms with Gasteiger partial charge in [-0.05, 0) is 92.1 Å². The first-order valence-electron chi connectivity index (χ1n) is 12.1. The predicted octanol–water partition coefficient (Wildman–Crippen LogP) is 7.62. The van der Waals surface area contributed by atoms with E-state index in [1.165, 1.54) is 56.1 Å². The molecule has 0 saturated heterocycles. The monoisotopic (exact) mass is 384 g/mol. The van der Waals surface area contributed by atoms with E-state index in [1.54, 1.807) is 5.57 Å². The molecule has 0 aromatic rings. The molecule has 3 aliphatic rings. The molecule has 1 nitrogen and oxygen atoms in total. The number of hydrogen-bond donors (Lipinski definition) is 1. The smallest absolute Gasteiger partial charge is 0.0583 e. The van der Waals surface area contributed by atoms with E-state index in [9.17, 15) is 5.11 Å². The molecule has 1 N–H and O–H groups in total. The second-order valence-electron chi connectivity index (χ2n) is 10.8. The molecule has 1 saturated carbocycles. The van der Waals surface area contributed by atoms with E-state index < -0.39 is 0 Å². The van der Waals surface area contributed by atoms with Crippen LogP contribution in [-0.4, -0.2) is 11.2 Å². The Morgan fingerprint density at radius 3 is 2.68 bits per heavy atom. The van der Waals surface area contributed by atoms with Crippen molar-refractivity contribution in [3.8, 4) is 0 Å². The average molecular weight is 385 g/mol. The van der Waals surface area contributed by atoms with E-state index in [1.807, 2.05) is 0 Å². The maximum atomic E-state index is 10.0. The van der Waals surface area contributed by atoms with Gasteiger partial charge in [-0.25, -0.2) is 0 Å². The third-order valence-electron chi connectivity index (χ3n) is 8.34. The third-order valence-corrected chi connectivity index (χ3v) is 8.34. The van der Waals surface area contributed by atoms with Crippen LogP contribution in [0.4, 0.5) is 0 Å². The minimum absolute atomic E-state index is 0.142. The van der Waals surface area contributed by atoms with Crippen LogP contribution in [0.15, 0.2) is 34.9 Å². The molecule has 28 heavy (non-hydrogen) atoms. The lowest BCUT2D eigenvalue weighted by Gasteiger charge is -2.43. The summed E-state index contributed by atoms with van der Waals surface area (Å²) >= 11 is 0. The molecule has 0 aliphatic heterocycles. The fraction of sp³-hybridized carbons (Fsp3) is 0.778. The molecule has 0 aromatic heterocycles. The lowest BCUT2D eigenvalue weighted by Crippen LogP contribution is -2.35. The maximum absolute atomic E-state index is 10.0. The predicted molar refractivity (Wildman–Crippen MR) is 121 cm³/mol. The minimum atomic E-state index is -0.142. The van der Waals surface area contributed by atoms with Crippen LogP contribution in [0, 0.1) is 29.1 Å². The zero-order valence-electron chi connectivity index (χ0n) is 19.1. The van der Waals surface area contributed by atoms with E-state index >= 15 is 0 Å². The van der Waals surface area contributed by atoms with Gasteiger partial charge in [0, 0.05) is 0 Å². The van der Waals surface area contributed by atoms with Crippen molar-refractivity contribution >= 4 is 0 Å². The van der Waals surface area contributed by atoms with Crippen molar-refractivity contribution < 1.29 is 5.11 Å². The highest BCUT2D eigenvalue weighted by molar-refractivity contribution is 5.36. The van der Waals surface area contributed by atoms with Crippen LogP contribution in [0.3, 0.4) is 0 Å². The van der Waals surface area contributed by atoms with E-state index in [2.05, 4.69) is 52.8 Å². The van der Waals surface area contributed by atoms with Gasteiger partial charge in [0.15, 0.2) is 0 Å². The number of aliphatic hydroxyl groups excluding tert-OH is 1. The minimum Gasteiger partial charge on any atom is -0.393 e. The van der Waals surface area contributed by atoms with Crippen molar-refractivity contribution in [1.82, 2.24) is 0 Å². The van der Waals surface area contributed by atoms with Gasteiger partial charge in [-0.3, -0.25) is 0 Å². The van der Waals surface area contributed by atoms with Crippen molar-refractivity contribution in [2.75, 3.05) is 0 Å². The molecule has 1 heteroatoms. The summed E-state index contributed by atoms with van der Waals surface area (Å²) < 4.78 is 0. The van der Waals surface area contributed by atoms with Gasteiger partial charge in [-0.2, -0.15) is 0 Å². The fourth-order valence-electron chi connectivity index (χ4n) is 6.51. The van der Waals surface area contributed by atoms with Crippen LogP contribution in [0.5, 0.6) is 0 Å². The summed E-state index contributed by atoms with van der Waals surface area (Å²) in [5.41, 5.74) is 4.93. The van der Waals surface area contributed by atoms with Crippen molar-refractivity contribution in [2.45, 2.75) is 105 Å². The largest absolute Gasteiger partial charge is 0.393 e. The zero-order chi connectivity index (χ0) is 20.3. The van der Waals surface area contributed by atoms with Gasteiger partial charge in [0.1, 0.15) is 0 Å². The van der Waals surface area contributed by atoms with E-state index in [-0.39, 0.29) is 6.10 Å². The average Bonchev–Trinajstić information content (AvgIpc) is 2.99. The standard InChI is InChI=1S/C27H44O/c1-19(2)8-6-9-21(4)25-15-16-26-22(10-7-17-27(25,26)5)12-13-23-18-24(28)14-11-20(23)3/h10,12-13,19,21,24-26,28H,6-9,11,14-18H2,1-5H3/b13-12+/t21-,24?,25-,26+,27-/m1/s1. The van der Waals surface area contributed by atoms with Crippen LogP contribution in [0.25, 0.3) is 0 Å². The number of allylic oxidation sites excluding steroid dienone is 5. The Hall–Kier alpha value is -0.820. The van der Waals surface area contributed by atoms with Gasteiger partial charge in [-0.1, -0.05) is 70.8 Å². The Kier molecular flexibility index (Phi) is 7.29. The van der Waals surface area contributed by atoms with Crippen molar-refractivity contribution in [3.63, 3.8) is 0 Å². The van der Waals surface area contributed by atoms with Gasteiger partial charge >= 0.3 is 0 Å². The van der Waals surface area contributed by atoms with Gasteiger partial charge in [0.2, 0.25) is 0 Å². The summed E-state index contributed by atoms with van der Waals surface area (Å²) in [4.78, 5) is 0. The molecule has 3 rings (SSSR count). The van der Waals surface area contributed by atoms with Crippen LogP contribution in [0.1, 0.15) is 98.8 Å². The Morgan fingerprint density at radius 1 is 1.14 bits per heavy atom. The highest BCUT2D eigenvalue weighted by Gasteiger charge is 2.49. The molecule has 3 aliphatic carbocycles. The van der Waals surface area contributed by atoms with Gasteiger partial charge < -0.3 is 5.11 Å². The Bertz CT molecular complexity index is 622. The van der Waals surface area contributed by atoms with Gasteiger partial charge in [0.25, 0.3) is 0 Å². The van der Waals surface area contributed by atoms with E-state index in [4.69, 9.17) is 0 Å².